The number of carbonyl (C=O) groups is 1. The lowest BCUT2D eigenvalue weighted by molar-refractivity contribution is -0.116. The Balaban J connectivity index is 2.34. The van der Waals surface area contributed by atoms with Gasteiger partial charge in [0.15, 0.2) is 0 Å². The van der Waals surface area contributed by atoms with Gasteiger partial charge in [0, 0.05) is 25.4 Å². The molecule has 1 heterocycles. The second kappa shape index (κ2) is 5.01. The molecule has 1 amide bonds. The van der Waals surface area contributed by atoms with Crippen molar-refractivity contribution in [2.75, 3.05) is 6.54 Å². The van der Waals surface area contributed by atoms with Crippen molar-refractivity contribution in [1.82, 2.24) is 15.1 Å². The molecule has 4 heteroatoms. The summed E-state index contributed by atoms with van der Waals surface area (Å²) in [5.74, 6) is -0.166. The molecule has 0 radical (unpaired) electrons. The van der Waals surface area contributed by atoms with E-state index in [-0.39, 0.29) is 5.91 Å². The molecule has 0 fully saturated rings. The molecule has 1 N–H and O–H groups in total. The summed E-state index contributed by atoms with van der Waals surface area (Å²) >= 11 is 0. The zero-order chi connectivity index (χ0) is 10.4. The van der Waals surface area contributed by atoms with Crippen molar-refractivity contribution >= 4 is 12.0 Å². The molecular weight excluding hydrogens is 178 g/mol. The molecule has 0 unspecified atom stereocenters. The zero-order valence-electron chi connectivity index (χ0n) is 8.10. The van der Waals surface area contributed by atoms with Crippen molar-refractivity contribution in [2.45, 2.75) is 0 Å². The van der Waals surface area contributed by atoms with E-state index in [9.17, 15) is 4.79 Å². The average molecular weight is 191 g/mol. The van der Waals surface area contributed by atoms with Crippen LogP contribution in [0.15, 0.2) is 31.1 Å². The van der Waals surface area contributed by atoms with E-state index in [4.69, 9.17) is 0 Å². The molecule has 14 heavy (non-hydrogen) atoms. The molecule has 1 aromatic heterocycles. The first-order valence-corrected chi connectivity index (χ1v) is 4.28. The molecule has 1 aromatic rings. The highest BCUT2D eigenvalue weighted by Gasteiger charge is 1.90. The monoisotopic (exact) mass is 191 g/mol. The average Bonchev–Trinajstić information content (AvgIpc) is 2.58. The van der Waals surface area contributed by atoms with Gasteiger partial charge in [-0.15, -0.1) is 0 Å². The van der Waals surface area contributed by atoms with Crippen LogP contribution in [0.25, 0.3) is 6.08 Å². The first-order chi connectivity index (χ1) is 6.72. The van der Waals surface area contributed by atoms with Crippen LogP contribution in [0.1, 0.15) is 5.56 Å². The van der Waals surface area contributed by atoms with Crippen LogP contribution >= 0.6 is 0 Å². The van der Waals surface area contributed by atoms with Crippen LogP contribution in [0, 0.1) is 0 Å². The number of aromatic nitrogens is 2. The minimum Gasteiger partial charge on any atom is -0.349 e. The fraction of sp³-hybridized carbons (Fsp3) is 0.200. The topological polar surface area (TPSA) is 46.9 Å². The minimum atomic E-state index is -0.166. The van der Waals surface area contributed by atoms with Crippen molar-refractivity contribution in [2.24, 2.45) is 7.05 Å². The number of rotatable bonds is 4. The third-order valence-electron chi connectivity index (χ3n) is 1.61. The van der Waals surface area contributed by atoms with Gasteiger partial charge in [-0.05, 0) is 6.08 Å². The Bertz CT molecular complexity index is 352. The maximum Gasteiger partial charge on any atom is 0.243 e. The van der Waals surface area contributed by atoms with Crippen LogP contribution in [-0.4, -0.2) is 22.2 Å². The quantitative estimate of drug-likeness (QED) is 0.713. The van der Waals surface area contributed by atoms with Gasteiger partial charge in [0.2, 0.25) is 5.91 Å². The maximum absolute atomic E-state index is 10.7. The van der Waals surface area contributed by atoms with Gasteiger partial charge in [-0.2, -0.15) is 5.10 Å². The molecule has 0 aliphatic heterocycles. The summed E-state index contributed by atoms with van der Waals surface area (Å²) in [6.45, 7) is 3.85. The molecule has 0 aliphatic carbocycles. The number of nitrogens with one attached hydrogen (secondary N) is 1. The Labute approximate surface area is 82.9 Å². The van der Waals surface area contributed by atoms with Crippen molar-refractivity contribution < 1.29 is 4.79 Å². The highest BCUT2D eigenvalue weighted by molar-refractivity contribution is 5.86. The first kappa shape index (κ1) is 10.2. The third-order valence-corrected chi connectivity index (χ3v) is 1.61. The Morgan fingerprint density at radius 1 is 1.79 bits per heavy atom. The molecule has 0 aromatic carbocycles. The molecule has 0 atom stereocenters. The van der Waals surface area contributed by atoms with Crippen molar-refractivity contribution in [3.63, 3.8) is 0 Å². The number of aryl methyl sites for hydroxylation is 1. The highest BCUT2D eigenvalue weighted by atomic mass is 16.1. The third kappa shape index (κ3) is 3.26. The lowest BCUT2D eigenvalue weighted by Crippen LogP contribution is -2.20. The molecule has 0 saturated carbocycles. The van der Waals surface area contributed by atoms with E-state index in [1.54, 1.807) is 10.9 Å². The Kier molecular flexibility index (Phi) is 3.67. The van der Waals surface area contributed by atoms with Crippen LogP contribution in [0.5, 0.6) is 0 Å². The molecule has 1 rings (SSSR count). The SMILES string of the molecule is C=CC(=O)NC/C=C/c1cnn(C)c1. The molecular formula is C10H13N3O. The molecule has 0 aliphatic rings. The van der Waals surface area contributed by atoms with Gasteiger partial charge in [-0.1, -0.05) is 18.7 Å². The zero-order valence-corrected chi connectivity index (χ0v) is 8.10. The second-order valence-electron chi connectivity index (χ2n) is 2.80. The smallest absolute Gasteiger partial charge is 0.243 e. The van der Waals surface area contributed by atoms with Crippen molar-refractivity contribution in [1.29, 1.82) is 0 Å². The fourth-order valence-corrected chi connectivity index (χ4v) is 0.953. The highest BCUT2D eigenvalue weighted by Crippen LogP contribution is 1.97. The van der Waals surface area contributed by atoms with E-state index in [1.807, 2.05) is 25.4 Å². The summed E-state index contributed by atoms with van der Waals surface area (Å²) in [5, 5.41) is 6.65. The van der Waals surface area contributed by atoms with Gasteiger partial charge in [0.25, 0.3) is 0 Å². The largest absolute Gasteiger partial charge is 0.349 e. The fourth-order valence-electron chi connectivity index (χ4n) is 0.953. The van der Waals surface area contributed by atoms with E-state index >= 15 is 0 Å². The summed E-state index contributed by atoms with van der Waals surface area (Å²) in [7, 11) is 1.86. The lowest BCUT2D eigenvalue weighted by atomic mass is 10.3. The number of carbonyl (C=O) groups excluding carboxylic acids is 1. The van der Waals surface area contributed by atoms with Crippen LogP contribution in [0.2, 0.25) is 0 Å². The normalized spacial score (nSPS) is 10.4. The summed E-state index contributed by atoms with van der Waals surface area (Å²) in [4.78, 5) is 10.7. The molecule has 0 bridgehead atoms. The number of hydrogen-bond donors (Lipinski definition) is 1. The summed E-state index contributed by atoms with van der Waals surface area (Å²) in [6.07, 6.45) is 8.66. The number of amides is 1. The summed E-state index contributed by atoms with van der Waals surface area (Å²) in [5.41, 5.74) is 1.01. The van der Waals surface area contributed by atoms with E-state index in [0.29, 0.717) is 6.54 Å². The Morgan fingerprint density at radius 2 is 2.57 bits per heavy atom. The van der Waals surface area contributed by atoms with Crippen LogP contribution < -0.4 is 5.32 Å². The maximum atomic E-state index is 10.7. The predicted octanol–water partition coefficient (Wildman–Crippen LogP) is 0.735. The van der Waals surface area contributed by atoms with Crippen LogP contribution in [0.4, 0.5) is 0 Å². The molecule has 74 valence electrons. The van der Waals surface area contributed by atoms with Crippen LogP contribution in [-0.2, 0) is 11.8 Å². The predicted molar refractivity (Wildman–Crippen MR) is 55.4 cm³/mol. The van der Waals surface area contributed by atoms with E-state index in [0.717, 1.165) is 5.56 Å². The second-order valence-corrected chi connectivity index (χ2v) is 2.80. The Hall–Kier alpha value is -1.84. The molecule has 0 spiro atoms. The summed E-state index contributed by atoms with van der Waals surface area (Å²) in [6, 6.07) is 0. The number of hydrogen-bond acceptors (Lipinski definition) is 2. The van der Waals surface area contributed by atoms with E-state index < -0.39 is 0 Å². The van der Waals surface area contributed by atoms with E-state index in [2.05, 4.69) is 17.0 Å². The van der Waals surface area contributed by atoms with E-state index in [1.165, 1.54) is 6.08 Å². The lowest BCUT2D eigenvalue weighted by Gasteiger charge is -1.94. The van der Waals surface area contributed by atoms with Gasteiger partial charge < -0.3 is 5.32 Å². The Morgan fingerprint density at radius 3 is 3.14 bits per heavy atom. The minimum absolute atomic E-state index is 0.166. The number of nitrogens with zero attached hydrogens (tertiary/aromatic N) is 2. The molecule has 4 nitrogen and oxygen atoms in total. The van der Waals surface area contributed by atoms with Gasteiger partial charge in [0.1, 0.15) is 0 Å². The van der Waals surface area contributed by atoms with Gasteiger partial charge in [-0.25, -0.2) is 0 Å². The standard InChI is InChI=1S/C10H13N3O/c1-3-10(14)11-6-4-5-9-7-12-13(2)8-9/h3-5,7-8H,1,6H2,2H3,(H,11,14)/b5-4+. The van der Waals surface area contributed by atoms with Crippen molar-refractivity contribution in [3.05, 3.63) is 36.7 Å². The van der Waals surface area contributed by atoms with Gasteiger partial charge in [-0.3, -0.25) is 9.48 Å². The first-order valence-electron chi connectivity index (χ1n) is 4.28. The van der Waals surface area contributed by atoms with Gasteiger partial charge in [0.05, 0.1) is 6.20 Å². The van der Waals surface area contributed by atoms with Gasteiger partial charge >= 0.3 is 0 Å². The van der Waals surface area contributed by atoms with Crippen molar-refractivity contribution in [3.8, 4) is 0 Å². The van der Waals surface area contributed by atoms with Crippen LogP contribution in [0.3, 0.4) is 0 Å². The summed E-state index contributed by atoms with van der Waals surface area (Å²) < 4.78 is 1.72. The molecule has 0 saturated heterocycles.